The first kappa shape index (κ1) is 14.9. The molecule has 0 atom stereocenters. The minimum atomic E-state index is 0.0726. The van der Waals surface area contributed by atoms with E-state index in [1.54, 1.807) is 48.6 Å². The van der Waals surface area contributed by atoms with E-state index in [9.17, 15) is 5.11 Å². The van der Waals surface area contributed by atoms with Crippen LogP contribution in [0.15, 0.2) is 53.7 Å². The zero-order chi connectivity index (χ0) is 15.2. The van der Waals surface area contributed by atoms with Crippen molar-refractivity contribution in [2.75, 3.05) is 7.11 Å². The number of halogens is 1. The number of hydrogen-bond acceptors (Lipinski definition) is 4. The number of allylic oxidation sites excluding steroid dienone is 1. The maximum atomic E-state index is 9.54. The van der Waals surface area contributed by atoms with E-state index in [0.29, 0.717) is 16.5 Å². The van der Waals surface area contributed by atoms with E-state index >= 15 is 0 Å². The van der Waals surface area contributed by atoms with E-state index in [-0.39, 0.29) is 5.75 Å². The lowest BCUT2D eigenvalue weighted by molar-refractivity contribution is 0.320. The molecule has 0 saturated carbocycles. The summed E-state index contributed by atoms with van der Waals surface area (Å²) in [5.41, 5.74) is 1.95. The molecule has 0 aliphatic rings. The smallest absolute Gasteiger partial charge is 0.161 e. The number of methoxy groups -OCH3 is 1. The van der Waals surface area contributed by atoms with Crippen LogP contribution in [0.1, 0.15) is 11.1 Å². The van der Waals surface area contributed by atoms with E-state index in [0.717, 1.165) is 11.1 Å². The first-order valence-corrected chi connectivity index (χ1v) is 6.55. The van der Waals surface area contributed by atoms with Gasteiger partial charge in [-0.25, -0.2) is 0 Å². The lowest BCUT2D eigenvalue weighted by Gasteiger charge is -2.04. The predicted octanol–water partition coefficient (Wildman–Crippen LogP) is 3.95. The van der Waals surface area contributed by atoms with Gasteiger partial charge in [0.2, 0.25) is 0 Å². The normalized spacial score (nSPS) is 11.8. The van der Waals surface area contributed by atoms with Gasteiger partial charge in [0.1, 0.15) is 5.71 Å². The summed E-state index contributed by atoms with van der Waals surface area (Å²) in [7, 11) is 1.48. The minimum absolute atomic E-state index is 0.0726. The van der Waals surface area contributed by atoms with Crippen molar-refractivity contribution in [3.8, 4) is 11.5 Å². The number of rotatable bonds is 4. The monoisotopic (exact) mass is 303 g/mol. The van der Waals surface area contributed by atoms with Crippen LogP contribution in [-0.4, -0.2) is 23.1 Å². The Morgan fingerprint density at radius 2 is 1.90 bits per heavy atom. The predicted molar refractivity (Wildman–Crippen MR) is 83.5 cm³/mol. The Morgan fingerprint density at radius 1 is 1.19 bits per heavy atom. The van der Waals surface area contributed by atoms with Gasteiger partial charge in [0.15, 0.2) is 11.5 Å². The third-order valence-electron chi connectivity index (χ3n) is 2.89. The molecule has 0 radical (unpaired) electrons. The van der Waals surface area contributed by atoms with Crippen molar-refractivity contribution in [2.45, 2.75) is 0 Å². The van der Waals surface area contributed by atoms with Crippen LogP contribution in [0.5, 0.6) is 11.5 Å². The van der Waals surface area contributed by atoms with Crippen LogP contribution in [0.25, 0.3) is 6.08 Å². The third-order valence-corrected chi connectivity index (χ3v) is 3.14. The molecule has 0 amide bonds. The summed E-state index contributed by atoms with van der Waals surface area (Å²) >= 11 is 5.82. The topological polar surface area (TPSA) is 62.0 Å². The Bertz CT molecular complexity index is 678. The SMILES string of the molecule is COc1cc(/C=C/C(=N/O)c2ccc(Cl)cc2)ccc1O. The Kier molecular flexibility index (Phi) is 4.85. The molecule has 0 bridgehead atoms. The van der Waals surface area contributed by atoms with Gasteiger partial charge in [-0.15, -0.1) is 0 Å². The quantitative estimate of drug-likeness (QED) is 0.511. The molecule has 2 N–H and O–H groups in total. The zero-order valence-electron chi connectivity index (χ0n) is 11.3. The lowest BCUT2D eigenvalue weighted by Crippen LogP contribution is -1.96. The van der Waals surface area contributed by atoms with Crippen LogP contribution in [0.4, 0.5) is 0 Å². The first-order valence-electron chi connectivity index (χ1n) is 6.17. The van der Waals surface area contributed by atoms with E-state index in [2.05, 4.69) is 5.16 Å². The number of hydrogen-bond donors (Lipinski definition) is 2. The Hall–Kier alpha value is -2.46. The highest BCUT2D eigenvalue weighted by Gasteiger charge is 2.03. The molecule has 2 aromatic carbocycles. The average Bonchev–Trinajstić information content (AvgIpc) is 2.51. The van der Waals surface area contributed by atoms with Gasteiger partial charge in [-0.05, 0) is 35.9 Å². The molecule has 0 spiro atoms. The summed E-state index contributed by atoms with van der Waals surface area (Å²) < 4.78 is 5.04. The molecule has 0 saturated heterocycles. The molecule has 0 aliphatic heterocycles. The van der Waals surface area contributed by atoms with Crippen molar-refractivity contribution >= 4 is 23.4 Å². The van der Waals surface area contributed by atoms with Crippen molar-refractivity contribution in [3.63, 3.8) is 0 Å². The second kappa shape index (κ2) is 6.81. The molecule has 108 valence electrons. The van der Waals surface area contributed by atoms with Gasteiger partial charge < -0.3 is 15.1 Å². The summed E-state index contributed by atoms with van der Waals surface area (Å²) in [6.07, 6.45) is 3.42. The van der Waals surface area contributed by atoms with E-state index in [1.165, 1.54) is 13.2 Å². The second-order valence-corrected chi connectivity index (χ2v) is 4.69. The minimum Gasteiger partial charge on any atom is -0.504 e. The lowest BCUT2D eigenvalue weighted by atomic mass is 10.1. The fourth-order valence-corrected chi connectivity index (χ4v) is 1.91. The van der Waals surface area contributed by atoms with Gasteiger partial charge in [-0.2, -0.15) is 0 Å². The molecular formula is C16H14ClNO3. The zero-order valence-corrected chi connectivity index (χ0v) is 12.1. The highest BCUT2D eigenvalue weighted by Crippen LogP contribution is 2.26. The van der Waals surface area contributed by atoms with Crippen LogP contribution in [0.3, 0.4) is 0 Å². The highest BCUT2D eigenvalue weighted by atomic mass is 35.5. The second-order valence-electron chi connectivity index (χ2n) is 4.26. The number of aromatic hydroxyl groups is 1. The standard InChI is InChI=1S/C16H14ClNO3/c1-21-16-10-11(3-9-15(16)19)2-8-14(18-20)12-4-6-13(17)7-5-12/h2-10,19-20H,1H3/b8-2+,18-14-. The average molecular weight is 304 g/mol. The van der Waals surface area contributed by atoms with E-state index in [1.807, 2.05) is 0 Å². The van der Waals surface area contributed by atoms with Gasteiger partial charge >= 0.3 is 0 Å². The number of phenols is 1. The van der Waals surface area contributed by atoms with Crippen LogP contribution in [0.2, 0.25) is 5.02 Å². The summed E-state index contributed by atoms with van der Waals surface area (Å²) in [6, 6.07) is 11.9. The first-order chi connectivity index (χ1) is 10.1. The van der Waals surface area contributed by atoms with Crippen LogP contribution >= 0.6 is 11.6 Å². The van der Waals surface area contributed by atoms with Crippen molar-refractivity contribution in [1.82, 2.24) is 0 Å². The summed E-state index contributed by atoms with van der Waals surface area (Å²) in [4.78, 5) is 0. The molecule has 21 heavy (non-hydrogen) atoms. The fraction of sp³-hybridized carbons (Fsp3) is 0.0625. The molecule has 2 aromatic rings. The number of benzene rings is 2. The van der Waals surface area contributed by atoms with Gasteiger partial charge in [0.05, 0.1) is 7.11 Å². The fourth-order valence-electron chi connectivity index (χ4n) is 1.78. The maximum Gasteiger partial charge on any atom is 0.161 e. The van der Waals surface area contributed by atoms with Crippen molar-refractivity contribution < 1.29 is 15.1 Å². The van der Waals surface area contributed by atoms with Crippen LogP contribution < -0.4 is 4.74 Å². The number of oxime groups is 1. The van der Waals surface area contributed by atoms with E-state index < -0.39 is 0 Å². The molecule has 4 nitrogen and oxygen atoms in total. The largest absolute Gasteiger partial charge is 0.504 e. The number of phenolic OH excluding ortho intramolecular Hbond substituents is 1. The maximum absolute atomic E-state index is 9.54. The molecular weight excluding hydrogens is 290 g/mol. The number of nitrogens with zero attached hydrogens (tertiary/aromatic N) is 1. The molecule has 0 aliphatic carbocycles. The highest BCUT2D eigenvalue weighted by molar-refractivity contribution is 6.30. The van der Waals surface area contributed by atoms with Crippen LogP contribution in [-0.2, 0) is 0 Å². The summed E-state index contributed by atoms with van der Waals surface area (Å²) in [6.45, 7) is 0. The van der Waals surface area contributed by atoms with Gasteiger partial charge in [0.25, 0.3) is 0 Å². The van der Waals surface area contributed by atoms with Crippen molar-refractivity contribution in [3.05, 3.63) is 64.7 Å². The molecule has 0 aromatic heterocycles. The van der Waals surface area contributed by atoms with Crippen molar-refractivity contribution in [1.29, 1.82) is 0 Å². The number of ether oxygens (including phenoxy) is 1. The molecule has 0 heterocycles. The third kappa shape index (κ3) is 3.77. The van der Waals surface area contributed by atoms with Gasteiger partial charge in [0, 0.05) is 10.6 Å². The van der Waals surface area contributed by atoms with Crippen LogP contribution in [0, 0.1) is 0 Å². The summed E-state index contributed by atoms with van der Waals surface area (Å²) in [5.74, 6) is 0.453. The Morgan fingerprint density at radius 3 is 2.52 bits per heavy atom. The summed E-state index contributed by atoms with van der Waals surface area (Å²) in [5, 5.41) is 22.5. The van der Waals surface area contributed by atoms with Crippen molar-refractivity contribution in [2.24, 2.45) is 5.16 Å². The Labute approximate surface area is 127 Å². The molecule has 0 unspecified atom stereocenters. The van der Waals surface area contributed by atoms with Gasteiger partial charge in [-0.3, -0.25) is 0 Å². The molecule has 2 rings (SSSR count). The van der Waals surface area contributed by atoms with Gasteiger partial charge in [-0.1, -0.05) is 41.0 Å². The van der Waals surface area contributed by atoms with E-state index in [4.69, 9.17) is 21.5 Å². The Balaban J connectivity index is 2.24. The molecule has 5 heteroatoms. The molecule has 0 fully saturated rings.